The van der Waals surface area contributed by atoms with Crippen LogP contribution in [-0.2, 0) is 17.6 Å². The average Bonchev–Trinajstić information content (AvgIpc) is 3.06. The van der Waals surface area contributed by atoms with E-state index in [0.29, 0.717) is 12.4 Å². The van der Waals surface area contributed by atoms with Gasteiger partial charge in [-0.1, -0.05) is 0 Å². The molecule has 0 atom stereocenters. The summed E-state index contributed by atoms with van der Waals surface area (Å²) in [7, 11) is 0. The first-order valence-electron chi connectivity index (χ1n) is 9.20. The molecule has 0 bridgehead atoms. The molecule has 7 nitrogen and oxygen atoms in total. The molecule has 1 fully saturated rings. The van der Waals surface area contributed by atoms with Crippen molar-refractivity contribution in [2.75, 3.05) is 25.0 Å². The maximum atomic E-state index is 12.3. The summed E-state index contributed by atoms with van der Waals surface area (Å²) in [6, 6.07) is 0. The molecular weight excluding hydrogens is 350 g/mol. The van der Waals surface area contributed by atoms with Gasteiger partial charge in [-0.15, -0.1) is 11.3 Å². The summed E-state index contributed by atoms with van der Waals surface area (Å²) in [4.78, 5) is 28.6. The molecule has 0 spiro atoms. The molecule has 0 radical (unpaired) electrons. The molecule has 0 aromatic carbocycles. The zero-order valence-electron chi connectivity index (χ0n) is 14.7. The molecule has 2 aromatic heterocycles. The van der Waals surface area contributed by atoms with Crippen LogP contribution in [0.1, 0.15) is 36.3 Å². The molecule has 1 amide bonds. The van der Waals surface area contributed by atoms with Crippen LogP contribution in [0.25, 0.3) is 0 Å². The number of thiazole rings is 1. The molecule has 2 aromatic rings. The third-order valence-corrected chi connectivity index (χ3v) is 5.89. The van der Waals surface area contributed by atoms with Gasteiger partial charge in [0, 0.05) is 30.4 Å². The smallest absolute Gasteiger partial charge is 0.240 e. The molecule has 0 saturated carbocycles. The molecule has 4 rings (SSSR count). The van der Waals surface area contributed by atoms with Gasteiger partial charge in [-0.3, -0.25) is 14.7 Å². The summed E-state index contributed by atoms with van der Waals surface area (Å²) in [5.74, 6) is 0.584. The Labute approximate surface area is 156 Å². The van der Waals surface area contributed by atoms with Gasteiger partial charge in [-0.2, -0.15) is 0 Å². The molecule has 1 aliphatic carbocycles. The van der Waals surface area contributed by atoms with Crippen molar-refractivity contribution in [1.82, 2.24) is 19.9 Å². The molecule has 3 heterocycles. The van der Waals surface area contributed by atoms with Gasteiger partial charge in [-0.05, 0) is 38.5 Å². The standard InChI is InChI=1S/C18H23N5O2S/c24-16(22-18-21-14-3-1-2-4-15(14)26-18)12-23-9-5-13(6-10-23)25-17-11-19-7-8-20-17/h7-8,11,13H,1-6,9-10,12H2,(H,21,22,24). The first-order valence-corrected chi connectivity index (χ1v) is 10.0. The third-order valence-electron chi connectivity index (χ3n) is 4.82. The second-order valence-electron chi connectivity index (χ2n) is 6.78. The topological polar surface area (TPSA) is 80.2 Å². The van der Waals surface area contributed by atoms with E-state index in [0.717, 1.165) is 43.9 Å². The van der Waals surface area contributed by atoms with Crippen LogP contribution in [0, 0.1) is 0 Å². The molecular formula is C18H23N5O2S. The van der Waals surface area contributed by atoms with Gasteiger partial charge >= 0.3 is 0 Å². The number of hydrogen-bond donors (Lipinski definition) is 1. The molecule has 26 heavy (non-hydrogen) atoms. The van der Waals surface area contributed by atoms with Crippen LogP contribution in [0.3, 0.4) is 0 Å². The van der Waals surface area contributed by atoms with Crippen molar-refractivity contribution in [1.29, 1.82) is 0 Å². The number of rotatable bonds is 5. The van der Waals surface area contributed by atoms with Gasteiger partial charge in [0.1, 0.15) is 6.10 Å². The number of fused-ring (bicyclic) bond motifs is 1. The van der Waals surface area contributed by atoms with Gasteiger partial charge in [-0.25, -0.2) is 9.97 Å². The maximum Gasteiger partial charge on any atom is 0.240 e. The normalized spacial score (nSPS) is 18.3. The lowest BCUT2D eigenvalue weighted by Gasteiger charge is -2.31. The van der Waals surface area contributed by atoms with Crippen LogP contribution in [0.4, 0.5) is 5.13 Å². The van der Waals surface area contributed by atoms with Crippen LogP contribution in [0.2, 0.25) is 0 Å². The molecule has 1 saturated heterocycles. The molecule has 8 heteroatoms. The number of ether oxygens (including phenoxy) is 1. The summed E-state index contributed by atoms with van der Waals surface area (Å²) in [6.45, 7) is 2.08. The van der Waals surface area contributed by atoms with Crippen LogP contribution < -0.4 is 10.1 Å². The van der Waals surface area contributed by atoms with Gasteiger partial charge in [0.25, 0.3) is 0 Å². The number of nitrogens with zero attached hydrogens (tertiary/aromatic N) is 4. The number of carbonyl (C=O) groups is 1. The highest BCUT2D eigenvalue weighted by molar-refractivity contribution is 7.15. The lowest BCUT2D eigenvalue weighted by Crippen LogP contribution is -2.42. The zero-order valence-corrected chi connectivity index (χ0v) is 15.5. The first-order chi connectivity index (χ1) is 12.8. The number of piperidine rings is 1. The summed E-state index contributed by atoms with van der Waals surface area (Å²) in [6.07, 6.45) is 11.4. The van der Waals surface area contributed by atoms with Gasteiger partial charge in [0.05, 0.1) is 18.4 Å². The SMILES string of the molecule is O=C(CN1CCC(Oc2cnccn2)CC1)Nc1nc2c(s1)CCCC2. The Morgan fingerprint density at radius 1 is 1.27 bits per heavy atom. The molecule has 1 N–H and O–H groups in total. The Kier molecular flexibility index (Phi) is 5.40. The van der Waals surface area contributed by atoms with Gasteiger partial charge in [0.2, 0.25) is 11.8 Å². The highest BCUT2D eigenvalue weighted by atomic mass is 32.1. The van der Waals surface area contributed by atoms with Crippen molar-refractivity contribution in [2.45, 2.75) is 44.6 Å². The van der Waals surface area contributed by atoms with E-state index in [-0.39, 0.29) is 12.0 Å². The number of hydrogen-bond acceptors (Lipinski definition) is 7. The fourth-order valence-electron chi connectivity index (χ4n) is 3.47. The van der Waals surface area contributed by atoms with E-state index in [2.05, 4.69) is 25.2 Å². The van der Waals surface area contributed by atoms with Crippen molar-refractivity contribution >= 4 is 22.4 Å². The molecule has 1 aliphatic heterocycles. The van der Waals surface area contributed by atoms with Crippen molar-refractivity contribution in [3.05, 3.63) is 29.2 Å². The predicted octanol–water partition coefficient (Wildman–Crippen LogP) is 2.29. The maximum absolute atomic E-state index is 12.3. The zero-order chi connectivity index (χ0) is 17.8. The largest absolute Gasteiger partial charge is 0.473 e. The Bertz CT molecular complexity index is 720. The van der Waals surface area contributed by atoms with Crippen molar-refractivity contribution in [3.63, 3.8) is 0 Å². The number of carbonyl (C=O) groups excluding carboxylic acids is 1. The van der Waals surface area contributed by atoms with E-state index in [1.165, 1.54) is 23.4 Å². The predicted molar refractivity (Wildman–Crippen MR) is 99.5 cm³/mol. The fraction of sp³-hybridized carbons (Fsp3) is 0.556. The van der Waals surface area contributed by atoms with E-state index in [1.54, 1.807) is 29.9 Å². The Hall–Kier alpha value is -2.06. The summed E-state index contributed by atoms with van der Waals surface area (Å²) in [5, 5.41) is 3.73. The Morgan fingerprint density at radius 2 is 2.12 bits per heavy atom. The van der Waals surface area contributed by atoms with E-state index < -0.39 is 0 Å². The Balaban J connectivity index is 1.22. The number of likely N-dealkylation sites (tertiary alicyclic amines) is 1. The number of aromatic nitrogens is 3. The second kappa shape index (κ2) is 8.09. The minimum absolute atomic E-state index is 0.0180. The average molecular weight is 373 g/mol. The molecule has 138 valence electrons. The molecule has 0 unspecified atom stereocenters. The molecule has 2 aliphatic rings. The third kappa shape index (κ3) is 4.37. The Morgan fingerprint density at radius 3 is 2.88 bits per heavy atom. The quantitative estimate of drug-likeness (QED) is 0.866. The van der Waals surface area contributed by atoms with Gasteiger partial charge in [0.15, 0.2) is 5.13 Å². The summed E-state index contributed by atoms with van der Waals surface area (Å²) >= 11 is 1.63. The van der Waals surface area contributed by atoms with Crippen LogP contribution in [0.15, 0.2) is 18.6 Å². The summed E-state index contributed by atoms with van der Waals surface area (Å²) < 4.78 is 5.84. The number of aryl methyl sites for hydroxylation is 2. The number of anilines is 1. The lowest BCUT2D eigenvalue weighted by atomic mass is 10.0. The van der Waals surface area contributed by atoms with E-state index in [1.807, 2.05) is 0 Å². The van der Waals surface area contributed by atoms with E-state index in [9.17, 15) is 4.79 Å². The monoisotopic (exact) mass is 373 g/mol. The summed E-state index contributed by atoms with van der Waals surface area (Å²) in [5.41, 5.74) is 1.18. The van der Waals surface area contributed by atoms with Crippen LogP contribution >= 0.6 is 11.3 Å². The number of amides is 1. The minimum Gasteiger partial charge on any atom is -0.473 e. The lowest BCUT2D eigenvalue weighted by molar-refractivity contribution is -0.117. The van der Waals surface area contributed by atoms with Crippen molar-refractivity contribution in [2.24, 2.45) is 0 Å². The fourth-order valence-corrected chi connectivity index (χ4v) is 4.54. The number of nitrogens with one attached hydrogen (secondary N) is 1. The van der Waals surface area contributed by atoms with Crippen LogP contribution in [-0.4, -0.2) is 51.5 Å². The van der Waals surface area contributed by atoms with Crippen molar-refractivity contribution < 1.29 is 9.53 Å². The van der Waals surface area contributed by atoms with Crippen LogP contribution in [0.5, 0.6) is 5.88 Å². The highest BCUT2D eigenvalue weighted by Crippen LogP contribution is 2.29. The second-order valence-corrected chi connectivity index (χ2v) is 7.86. The highest BCUT2D eigenvalue weighted by Gasteiger charge is 2.23. The minimum atomic E-state index is 0.0180. The van der Waals surface area contributed by atoms with E-state index in [4.69, 9.17) is 4.74 Å². The van der Waals surface area contributed by atoms with E-state index >= 15 is 0 Å². The first kappa shape index (κ1) is 17.4. The van der Waals surface area contributed by atoms with Gasteiger partial charge < -0.3 is 10.1 Å². The van der Waals surface area contributed by atoms with Crippen molar-refractivity contribution in [3.8, 4) is 5.88 Å².